The van der Waals surface area contributed by atoms with Gasteiger partial charge in [0.2, 0.25) is 0 Å². The summed E-state index contributed by atoms with van der Waals surface area (Å²) in [5.41, 5.74) is 11.1. The van der Waals surface area contributed by atoms with Crippen molar-refractivity contribution in [2.24, 2.45) is 12.8 Å². The quantitative estimate of drug-likeness (QED) is 0.781. The van der Waals surface area contributed by atoms with E-state index in [9.17, 15) is 0 Å². The minimum absolute atomic E-state index is 0.530. The van der Waals surface area contributed by atoms with Crippen LogP contribution >= 0.6 is 11.6 Å². The summed E-state index contributed by atoms with van der Waals surface area (Å²) < 4.78 is 2.10. The summed E-state index contributed by atoms with van der Waals surface area (Å²) in [4.78, 5) is 4.75. The number of nitrogens with zero attached hydrogens (tertiary/aromatic N) is 2. The molecule has 0 saturated carbocycles. The Morgan fingerprint density at radius 1 is 1.20 bits per heavy atom. The number of hydrogen-bond donors (Lipinski definition) is 1. The molecule has 0 bridgehead atoms. The molecule has 0 spiro atoms. The Balaban J connectivity index is 2.23. The van der Waals surface area contributed by atoms with Gasteiger partial charge in [-0.3, -0.25) is 0 Å². The Labute approximate surface area is 123 Å². The second kappa shape index (κ2) is 4.93. The Kier molecular flexibility index (Phi) is 3.24. The number of imidazole rings is 1. The molecular formula is C16H16ClN3. The van der Waals surface area contributed by atoms with Gasteiger partial charge in [-0.15, -0.1) is 0 Å². The number of rotatable bonds is 2. The zero-order valence-electron chi connectivity index (χ0n) is 11.5. The first-order valence-electron chi connectivity index (χ1n) is 6.52. The molecule has 2 aromatic carbocycles. The Hall–Kier alpha value is -1.84. The van der Waals surface area contributed by atoms with Crippen LogP contribution in [0.15, 0.2) is 36.4 Å². The van der Waals surface area contributed by atoms with Crippen LogP contribution in [0, 0.1) is 6.92 Å². The van der Waals surface area contributed by atoms with Crippen molar-refractivity contribution in [1.82, 2.24) is 9.55 Å². The van der Waals surface area contributed by atoms with Gasteiger partial charge in [0.1, 0.15) is 5.82 Å². The third-order valence-corrected chi connectivity index (χ3v) is 3.85. The van der Waals surface area contributed by atoms with Gasteiger partial charge in [0, 0.05) is 24.2 Å². The predicted molar refractivity (Wildman–Crippen MR) is 83.8 cm³/mol. The van der Waals surface area contributed by atoms with E-state index in [0.29, 0.717) is 6.54 Å². The molecule has 0 atom stereocenters. The van der Waals surface area contributed by atoms with Gasteiger partial charge >= 0.3 is 0 Å². The molecular weight excluding hydrogens is 270 g/mol. The van der Waals surface area contributed by atoms with Crippen molar-refractivity contribution in [2.45, 2.75) is 13.5 Å². The topological polar surface area (TPSA) is 43.8 Å². The van der Waals surface area contributed by atoms with Crippen LogP contribution in [0.2, 0.25) is 5.02 Å². The SMILES string of the molecule is Cc1cc(Cl)ccc1-c1nc2cc(CN)ccc2n1C. The van der Waals surface area contributed by atoms with Crippen molar-refractivity contribution >= 4 is 22.6 Å². The first-order valence-corrected chi connectivity index (χ1v) is 6.90. The van der Waals surface area contributed by atoms with E-state index < -0.39 is 0 Å². The van der Waals surface area contributed by atoms with E-state index in [1.54, 1.807) is 0 Å². The van der Waals surface area contributed by atoms with Gasteiger partial charge in [-0.1, -0.05) is 17.7 Å². The maximum atomic E-state index is 6.02. The summed E-state index contributed by atoms with van der Waals surface area (Å²) in [7, 11) is 2.03. The van der Waals surface area contributed by atoms with Crippen LogP contribution in [0.4, 0.5) is 0 Å². The number of fused-ring (bicyclic) bond motifs is 1. The highest BCUT2D eigenvalue weighted by molar-refractivity contribution is 6.30. The molecule has 1 aromatic heterocycles. The fourth-order valence-electron chi connectivity index (χ4n) is 2.49. The molecule has 0 aliphatic rings. The lowest BCUT2D eigenvalue weighted by Crippen LogP contribution is -1.96. The number of nitrogens with two attached hydrogens (primary N) is 1. The maximum absolute atomic E-state index is 6.02. The molecule has 0 fully saturated rings. The second-order valence-electron chi connectivity index (χ2n) is 4.98. The van der Waals surface area contributed by atoms with Crippen LogP contribution in [-0.2, 0) is 13.6 Å². The van der Waals surface area contributed by atoms with Crippen molar-refractivity contribution in [3.8, 4) is 11.4 Å². The van der Waals surface area contributed by atoms with Gasteiger partial charge in [0.15, 0.2) is 0 Å². The van der Waals surface area contributed by atoms with E-state index in [0.717, 1.165) is 38.6 Å². The molecule has 3 nitrogen and oxygen atoms in total. The molecule has 3 aromatic rings. The molecule has 102 valence electrons. The highest BCUT2D eigenvalue weighted by Crippen LogP contribution is 2.28. The Morgan fingerprint density at radius 2 is 2.00 bits per heavy atom. The fourth-order valence-corrected chi connectivity index (χ4v) is 2.72. The van der Waals surface area contributed by atoms with Crippen molar-refractivity contribution in [3.05, 3.63) is 52.5 Å². The second-order valence-corrected chi connectivity index (χ2v) is 5.42. The summed E-state index contributed by atoms with van der Waals surface area (Å²) >= 11 is 6.02. The molecule has 0 aliphatic carbocycles. The highest BCUT2D eigenvalue weighted by Gasteiger charge is 2.12. The summed E-state index contributed by atoms with van der Waals surface area (Å²) in [5.74, 6) is 0.948. The standard InChI is InChI=1S/C16H16ClN3/c1-10-7-12(17)4-5-13(10)16-19-14-8-11(9-18)3-6-15(14)20(16)2/h3-8H,9,18H2,1-2H3. The van der Waals surface area contributed by atoms with E-state index in [-0.39, 0.29) is 0 Å². The number of aromatic nitrogens is 2. The molecule has 1 heterocycles. The summed E-state index contributed by atoms with van der Waals surface area (Å²) in [6.45, 7) is 2.58. The zero-order chi connectivity index (χ0) is 14.3. The van der Waals surface area contributed by atoms with Crippen molar-refractivity contribution in [1.29, 1.82) is 0 Å². The third kappa shape index (κ3) is 2.09. The molecule has 0 unspecified atom stereocenters. The lowest BCUT2D eigenvalue weighted by Gasteiger charge is -2.06. The van der Waals surface area contributed by atoms with Gasteiger partial charge in [0.25, 0.3) is 0 Å². The van der Waals surface area contributed by atoms with Gasteiger partial charge < -0.3 is 10.3 Å². The third-order valence-electron chi connectivity index (χ3n) is 3.61. The molecule has 0 radical (unpaired) electrons. The monoisotopic (exact) mass is 285 g/mol. The molecule has 0 amide bonds. The minimum atomic E-state index is 0.530. The number of halogens is 1. The average molecular weight is 286 g/mol. The summed E-state index contributed by atoms with van der Waals surface area (Å²) in [6, 6.07) is 12.0. The first kappa shape index (κ1) is 13.2. The van der Waals surface area contributed by atoms with Gasteiger partial charge in [-0.25, -0.2) is 4.98 Å². The largest absolute Gasteiger partial charge is 0.327 e. The van der Waals surface area contributed by atoms with Crippen molar-refractivity contribution < 1.29 is 0 Å². The molecule has 4 heteroatoms. The van der Waals surface area contributed by atoms with Crippen LogP contribution in [0.25, 0.3) is 22.4 Å². The van der Waals surface area contributed by atoms with Gasteiger partial charge in [-0.05, 0) is 48.4 Å². The minimum Gasteiger partial charge on any atom is -0.327 e. The number of aryl methyl sites for hydroxylation is 2. The summed E-state index contributed by atoms with van der Waals surface area (Å²) in [5, 5.41) is 0.746. The molecule has 2 N–H and O–H groups in total. The molecule has 0 aliphatic heterocycles. The number of hydrogen-bond acceptors (Lipinski definition) is 2. The molecule has 3 rings (SSSR count). The van der Waals surface area contributed by atoms with Crippen LogP contribution in [-0.4, -0.2) is 9.55 Å². The van der Waals surface area contributed by atoms with Crippen molar-refractivity contribution in [2.75, 3.05) is 0 Å². The average Bonchev–Trinajstić information content (AvgIpc) is 2.75. The van der Waals surface area contributed by atoms with Gasteiger partial charge in [0.05, 0.1) is 11.0 Å². The smallest absolute Gasteiger partial charge is 0.141 e. The van der Waals surface area contributed by atoms with Gasteiger partial charge in [-0.2, -0.15) is 0 Å². The van der Waals surface area contributed by atoms with Crippen LogP contribution in [0.5, 0.6) is 0 Å². The summed E-state index contributed by atoms with van der Waals surface area (Å²) in [6.07, 6.45) is 0. The fraction of sp³-hybridized carbons (Fsp3) is 0.188. The highest BCUT2D eigenvalue weighted by atomic mass is 35.5. The molecule has 0 saturated heterocycles. The van der Waals surface area contributed by atoms with Crippen LogP contribution < -0.4 is 5.73 Å². The lowest BCUT2D eigenvalue weighted by atomic mass is 10.1. The lowest BCUT2D eigenvalue weighted by molar-refractivity contribution is 0.957. The predicted octanol–water partition coefficient (Wildman–Crippen LogP) is 3.66. The Bertz CT molecular complexity index is 790. The normalized spacial score (nSPS) is 11.2. The first-order chi connectivity index (χ1) is 9.60. The van der Waals surface area contributed by atoms with E-state index in [2.05, 4.69) is 10.6 Å². The van der Waals surface area contributed by atoms with Crippen LogP contribution in [0.3, 0.4) is 0 Å². The van der Waals surface area contributed by atoms with E-state index in [1.165, 1.54) is 0 Å². The van der Waals surface area contributed by atoms with E-state index >= 15 is 0 Å². The van der Waals surface area contributed by atoms with E-state index in [4.69, 9.17) is 22.3 Å². The van der Waals surface area contributed by atoms with Crippen LogP contribution in [0.1, 0.15) is 11.1 Å². The Morgan fingerprint density at radius 3 is 2.70 bits per heavy atom. The molecule has 20 heavy (non-hydrogen) atoms. The zero-order valence-corrected chi connectivity index (χ0v) is 12.3. The maximum Gasteiger partial charge on any atom is 0.141 e. The van der Waals surface area contributed by atoms with Crippen molar-refractivity contribution in [3.63, 3.8) is 0 Å². The van der Waals surface area contributed by atoms with E-state index in [1.807, 2.05) is 44.3 Å². The number of benzene rings is 2.